The average molecular weight is 1290 g/mol. The number of carbonyl (C=O) groups excluding carboxylic acids is 4. The summed E-state index contributed by atoms with van der Waals surface area (Å²) in [5, 5.41) is 29.9. The number of carboxylic acid groups (broad SMARTS) is 2. The zero-order valence-corrected chi connectivity index (χ0v) is 55.7. The highest BCUT2D eigenvalue weighted by atomic mass is 16.5. The second-order valence-electron chi connectivity index (χ2n) is 22.7. The lowest BCUT2D eigenvalue weighted by atomic mass is 10.1. The molecular weight excluding hydrogens is 1200 g/mol. The maximum atomic E-state index is 13.1. The van der Waals surface area contributed by atoms with Gasteiger partial charge in [-0.15, -0.1) is 0 Å². The second-order valence-corrected chi connectivity index (χ2v) is 22.7. The minimum absolute atomic E-state index is 0.233. The normalized spacial score (nSPS) is 10.9. The number of aromatic nitrogens is 6. The third kappa shape index (κ3) is 19.3. The fourth-order valence-corrected chi connectivity index (χ4v) is 9.48. The van der Waals surface area contributed by atoms with Gasteiger partial charge in [-0.3, -0.25) is 19.2 Å². The third-order valence-electron chi connectivity index (χ3n) is 14.2. The van der Waals surface area contributed by atoms with E-state index in [4.69, 9.17) is 39.1 Å². The summed E-state index contributed by atoms with van der Waals surface area (Å²) >= 11 is 0. The Labute approximate surface area is 546 Å². The zero-order chi connectivity index (χ0) is 69.1. The summed E-state index contributed by atoms with van der Waals surface area (Å²) in [6.07, 6.45) is 8.02. The van der Waals surface area contributed by atoms with E-state index in [1.165, 1.54) is 24.5 Å². The first-order chi connectivity index (χ1) is 44.7. The van der Waals surface area contributed by atoms with Gasteiger partial charge in [0.05, 0.1) is 84.8 Å². The number of methoxy groups -OCH3 is 2. The molecule has 4 heterocycles. The minimum atomic E-state index is -1.08. The Morgan fingerprint density at radius 1 is 0.553 bits per heavy atom. The number of fused-ring (bicyclic) bond motifs is 2. The lowest BCUT2D eigenvalue weighted by molar-refractivity contribution is -0.143. The monoisotopic (exact) mass is 1290 g/mol. The molecule has 94 heavy (non-hydrogen) atoms. The standard InChI is InChI=1S/2C32H39N7O4.C4H6O4/c2*1-9-29(40)34-24-16-25(28(42-8)17-27(24)38(6)15-14-37(4)5)35-32-33-18-22(31(41)43-20(2)3)30(36-32)23-19-39(7)26-13-11-10-12-21(23)26;5-3(6)1-2-4(7)8/h2*9-13,16-20H,1,14-15H2,2-8H3,(H,34,40)(H,33,35,36);1-2H2,(H,5,6)(H,7,8). The summed E-state index contributed by atoms with van der Waals surface area (Å²) in [6.45, 7) is 17.4. The molecule has 0 aliphatic carbocycles. The van der Waals surface area contributed by atoms with Crippen LogP contribution < -0.4 is 40.5 Å². The summed E-state index contributed by atoms with van der Waals surface area (Å²) in [6, 6.07) is 23.0. The summed E-state index contributed by atoms with van der Waals surface area (Å²) in [4.78, 5) is 97.0. The smallest absolute Gasteiger partial charge is 0.342 e. The minimum Gasteiger partial charge on any atom is -0.494 e. The molecule has 0 unspecified atom stereocenters. The molecule has 6 N–H and O–H groups in total. The molecule has 26 nitrogen and oxygen atoms in total. The number of aryl methyl sites for hydroxylation is 2. The molecule has 0 radical (unpaired) electrons. The molecule has 8 rings (SSSR count). The van der Waals surface area contributed by atoms with Gasteiger partial charge < -0.3 is 79.2 Å². The van der Waals surface area contributed by atoms with E-state index in [0.717, 1.165) is 57.4 Å². The Morgan fingerprint density at radius 3 is 1.23 bits per heavy atom. The number of rotatable bonds is 27. The number of benzene rings is 4. The van der Waals surface area contributed by atoms with Gasteiger partial charge in [0, 0.05) is 124 Å². The first-order valence-electron chi connectivity index (χ1n) is 29.9. The van der Waals surface area contributed by atoms with Gasteiger partial charge in [0.15, 0.2) is 0 Å². The summed E-state index contributed by atoms with van der Waals surface area (Å²) in [5.41, 5.74) is 8.57. The molecule has 0 fully saturated rings. The van der Waals surface area contributed by atoms with E-state index in [1.807, 2.05) is 148 Å². The van der Waals surface area contributed by atoms with Crippen molar-refractivity contribution in [2.75, 3.05) is 114 Å². The summed E-state index contributed by atoms with van der Waals surface area (Å²) in [5.74, 6) is -2.37. The highest BCUT2D eigenvalue weighted by molar-refractivity contribution is 6.06. The van der Waals surface area contributed by atoms with Crippen molar-refractivity contribution in [3.05, 3.63) is 134 Å². The van der Waals surface area contributed by atoms with Crippen molar-refractivity contribution in [3.63, 3.8) is 0 Å². The number of likely N-dealkylation sites (N-methyl/N-ethyl adjacent to an activating group) is 4. The van der Waals surface area contributed by atoms with Crippen molar-refractivity contribution < 1.29 is 57.9 Å². The molecule has 4 aromatic carbocycles. The first-order valence-corrected chi connectivity index (χ1v) is 29.9. The maximum absolute atomic E-state index is 13.1. The molecule has 26 heteroatoms. The van der Waals surface area contributed by atoms with E-state index in [2.05, 4.69) is 54.2 Å². The lowest BCUT2D eigenvalue weighted by Crippen LogP contribution is -2.29. The van der Waals surface area contributed by atoms with Crippen molar-refractivity contribution in [1.82, 2.24) is 38.9 Å². The number of hydrogen-bond donors (Lipinski definition) is 6. The van der Waals surface area contributed by atoms with Crippen molar-refractivity contribution >= 4 is 104 Å². The highest BCUT2D eigenvalue weighted by Crippen LogP contribution is 2.41. The van der Waals surface area contributed by atoms with Crippen molar-refractivity contribution in [1.29, 1.82) is 0 Å². The summed E-state index contributed by atoms with van der Waals surface area (Å²) in [7, 11) is 18.9. The number of para-hydroxylation sites is 2. The van der Waals surface area contributed by atoms with Gasteiger partial charge in [-0.1, -0.05) is 49.6 Å². The Balaban J connectivity index is 0.000000267. The zero-order valence-electron chi connectivity index (χ0n) is 55.7. The molecule has 8 aromatic rings. The third-order valence-corrected chi connectivity index (χ3v) is 14.2. The Hall–Kier alpha value is -10.9. The van der Waals surface area contributed by atoms with Crippen LogP contribution in [-0.4, -0.2) is 180 Å². The number of carboxylic acids is 2. The molecule has 0 spiro atoms. The number of esters is 2. The van der Waals surface area contributed by atoms with Gasteiger partial charge in [-0.05, 0) is 92.3 Å². The molecule has 0 saturated heterocycles. The first kappa shape index (κ1) is 72.2. The Kier molecular flexibility index (Phi) is 25.7. The van der Waals surface area contributed by atoms with Crippen molar-refractivity contribution in [2.45, 2.75) is 52.7 Å². The second kappa shape index (κ2) is 33.5. The molecule has 498 valence electrons. The predicted octanol–water partition coefficient (Wildman–Crippen LogP) is 10.1. The van der Waals surface area contributed by atoms with Crippen LogP contribution in [0.1, 0.15) is 61.3 Å². The SMILES string of the molecule is C=CC(=O)Nc1cc(Nc2ncc(C(=O)OC(C)C)c(-c3cn(C)c4ccccc34)n2)c(OC)cc1N(C)CCN(C)C.C=CC(=O)Nc1cc(Nc2ncc(C(=O)OC(C)C)c(-c3cn(C)c4ccccc34)n2)c(OC)cc1N(C)CCN(C)C.O=C(O)CCC(=O)O. The molecular formula is C68H84N14O12. The van der Waals surface area contributed by atoms with Crippen molar-refractivity contribution in [3.8, 4) is 34.0 Å². The van der Waals surface area contributed by atoms with E-state index in [0.29, 0.717) is 58.7 Å². The largest absolute Gasteiger partial charge is 0.494 e. The number of anilines is 8. The molecule has 0 saturated carbocycles. The van der Waals surface area contributed by atoms with Gasteiger partial charge >= 0.3 is 23.9 Å². The number of aliphatic carboxylic acids is 2. The lowest BCUT2D eigenvalue weighted by Gasteiger charge is -2.26. The fraction of sp³-hybridized carbons (Fsp3) is 0.324. The maximum Gasteiger partial charge on any atom is 0.342 e. The van der Waals surface area contributed by atoms with E-state index >= 15 is 0 Å². The van der Waals surface area contributed by atoms with Crippen LogP contribution in [0.4, 0.5) is 46.0 Å². The number of hydrogen-bond acceptors (Lipinski definition) is 20. The van der Waals surface area contributed by atoms with Gasteiger partial charge in [0.1, 0.15) is 22.6 Å². The molecule has 2 amide bonds. The van der Waals surface area contributed by atoms with Gasteiger partial charge in [-0.25, -0.2) is 29.5 Å². The molecule has 4 aromatic heterocycles. The number of ether oxygens (including phenoxy) is 4. The number of nitrogens with one attached hydrogen (secondary N) is 4. The van der Waals surface area contributed by atoms with E-state index in [9.17, 15) is 28.8 Å². The average Bonchev–Trinajstić information content (AvgIpc) is 1.56. The van der Waals surface area contributed by atoms with Crippen LogP contribution >= 0.6 is 0 Å². The van der Waals surface area contributed by atoms with E-state index < -0.39 is 23.9 Å². The summed E-state index contributed by atoms with van der Waals surface area (Å²) < 4.78 is 26.5. The molecule has 0 aliphatic rings. The Morgan fingerprint density at radius 2 is 0.915 bits per heavy atom. The van der Waals surface area contributed by atoms with E-state index in [1.54, 1.807) is 54.0 Å². The fourth-order valence-electron chi connectivity index (χ4n) is 9.48. The number of nitrogens with zero attached hydrogens (tertiary/aromatic N) is 10. The van der Waals surface area contributed by atoms with Crippen LogP contribution in [-0.2, 0) is 42.7 Å². The van der Waals surface area contributed by atoms with Gasteiger partial charge in [0.2, 0.25) is 23.7 Å². The quantitative estimate of drug-likeness (QED) is 0.0206. The molecule has 0 bridgehead atoms. The predicted molar refractivity (Wildman–Crippen MR) is 367 cm³/mol. The van der Waals surface area contributed by atoms with Crippen LogP contribution in [0.5, 0.6) is 11.5 Å². The number of carbonyl (C=O) groups is 6. The molecule has 0 aliphatic heterocycles. The van der Waals surface area contributed by atoms with Crippen LogP contribution in [0, 0.1) is 0 Å². The van der Waals surface area contributed by atoms with E-state index in [-0.39, 0.29) is 59.9 Å². The van der Waals surface area contributed by atoms with Gasteiger partial charge in [-0.2, -0.15) is 0 Å². The van der Waals surface area contributed by atoms with Crippen LogP contribution in [0.25, 0.3) is 44.3 Å². The topological polar surface area (TPSA) is 302 Å². The van der Waals surface area contributed by atoms with Crippen LogP contribution in [0.15, 0.2) is 123 Å². The van der Waals surface area contributed by atoms with Crippen LogP contribution in [0.2, 0.25) is 0 Å². The van der Waals surface area contributed by atoms with Gasteiger partial charge in [0.25, 0.3) is 0 Å². The van der Waals surface area contributed by atoms with Crippen molar-refractivity contribution in [2.24, 2.45) is 14.1 Å². The van der Waals surface area contributed by atoms with Crippen LogP contribution in [0.3, 0.4) is 0 Å². The highest BCUT2D eigenvalue weighted by Gasteiger charge is 2.26. The Bertz CT molecular complexity index is 3790. The molecule has 0 atom stereocenters. The number of amides is 2.